The average Bonchev–Trinajstić information content (AvgIpc) is 3.11. The molecule has 7 atom stereocenters. The van der Waals surface area contributed by atoms with Crippen LogP contribution in [0.15, 0.2) is 24.3 Å². The van der Waals surface area contributed by atoms with Crippen molar-refractivity contribution in [3.05, 3.63) is 24.3 Å². The van der Waals surface area contributed by atoms with Crippen molar-refractivity contribution in [1.29, 1.82) is 0 Å². The van der Waals surface area contributed by atoms with Crippen LogP contribution in [0.25, 0.3) is 0 Å². The van der Waals surface area contributed by atoms with Crippen molar-refractivity contribution in [2.24, 2.45) is 17.8 Å². The number of esters is 1. The van der Waals surface area contributed by atoms with Gasteiger partial charge in [-0.15, -0.1) is 11.8 Å². The van der Waals surface area contributed by atoms with Gasteiger partial charge in [0.05, 0.1) is 35.8 Å². The summed E-state index contributed by atoms with van der Waals surface area (Å²) in [7, 11) is 0. The number of hydrogen-bond donors (Lipinski definition) is 1. The van der Waals surface area contributed by atoms with Gasteiger partial charge in [0.1, 0.15) is 6.04 Å². The molecule has 2 unspecified atom stereocenters. The zero-order chi connectivity index (χ0) is 25.5. The summed E-state index contributed by atoms with van der Waals surface area (Å²) in [5.74, 6) is -1.86. The number of fused-ring (bicyclic) bond motifs is 2. The number of nitrogens with zero attached hydrogens (tertiary/aromatic N) is 2. The maximum Gasteiger partial charge on any atom is 0.311 e. The molecule has 35 heavy (non-hydrogen) atoms. The third kappa shape index (κ3) is 4.24. The number of ether oxygens (including phenoxy) is 1. The standard InChI is InChI=1S/C27H40N2O5S/c1-6-10-18(4)28-13-9-12-27-20(21-25(33)34-14-8-7-11-26(21,5)35-27)23(31)29(22(27)24(28)32)19(16-30)15-17(2)3/h7,9,11-12,17-22,30H,6,8,10,13-16H2,1-5H3/t18?,19-,20+,21-,22?,26+,27+/m1/s1. The van der Waals surface area contributed by atoms with Gasteiger partial charge in [0, 0.05) is 17.3 Å². The number of cyclic esters (lactones) is 1. The Morgan fingerprint density at radius 3 is 2.54 bits per heavy atom. The Morgan fingerprint density at radius 1 is 1.14 bits per heavy atom. The molecule has 0 bridgehead atoms. The Bertz CT molecular complexity index is 919. The molecule has 0 aromatic heterocycles. The van der Waals surface area contributed by atoms with E-state index < -0.39 is 33.4 Å². The smallest absolute Gasteiger partial charge is 0.311 e. The topological polar surface area (TPSA) is 87.2 Å². The predicted molar refractivity (Wildman–Crippen MR) is 137 cm³/mol. The molecule has 194 valence electrons. The van der Waals surface area contributed by atoms with E-state index in [1.54, 1.807) is 16.7 Å². The van der Waals surface area contributed by atoms with E-state index in [9.17, 15) is 19.5 Å². The van der Waals surface area contributed by atoms with Gasteiger partial charge in [0.25, 0.3) is 0 Å². The number of aliphatic hydroxyl groups is 1. The molecule has 0 aromatic carbocycles. The second-order valence-corrected chi connectivity index (χ2v) is 12.9. The van der Waals surface area contributed by atoms with Crippen molar-refractivity contribution < 1.29 is 24.2 Å². The monoisotopic (exact) mass is 504 g/mol. The lowest BCUT2D eigenvalue weighted by Gasteiger charge is -2.41. The Hall–Kier alpha value is -1.80. The van der Waals surface area contributed by atoms with E-state index in [0.29, 0.717) is 19.4 Å². The first kappa shape index (κ1) is 26.3. The average molecular weight is 505 g/mol. The predicted octanol–water partition coefficient (Wildman–Crippen LogP) is 3.17. The van der Waals surface area contributed by atoms with Crippen LogP contribution in [0, 0.1) is 17.8 Å². The number of hydrogen-bond acceptors (Lipinski definition) is 6. The van der Waals surface area contributed by atoms with Crippen molar-refractivity contribution in [2.75, 3.05) is 19.8 Å². The fourth-order valence-electron chi connectivity index (χ4n) is 6.63. The summed E-state index contributed by atoms with van der Waals surface area (Å²) in [6.07, 6.45) is 11.1. The molecule has 0 aromatic rings. The molecule has 1 spiro atoms. The van der Waals surface area contributed by atoms with Gasteiger partial charge in [-0.25, -0.2) is 0 Å². The lowest BCUT2D eigenvalue weighted by Crippen LogP contribution is -2.58. The first-order valence-corrected chi connectivity index (χ1v) is 13.9. The second-order valence-electron chi connectivity index (χ2n) is 11.1. The number of likely N-dealkylation sites (tertiary alicyclic amines) is 1. The summed E-state index contributed by atoms with van der Waals surface area (Å²) in [5.41, 5.74) is 0. The summed E-state index contributed by atoms with van der Waals surface area (Å²) in [4.78, 5) is 45.5. The molecule has 4 aliphatic rings. The Labute approximate surface area is 213 Å². The van der Waals surface area contributed by atoms with Crippen LogP contribution in [0.5, 0.6) is 0 Å². The Kier molecular flexibility index (Phi) is 7.45. The summed E-state index contributed by atoms with van der Waals surface area (Å²) in [6.45, 7) is 10.8. The second kappa shape index (κ2) is 9.92. The SMILES string of the molecule is CCCC(C)N1CC=C[C@]23S[C@@]4(C)C=CCCOC(=O)[C@H]4[C@H]2C(=O)N([C@@H](CO)CC(C)C)C3C1=O. The largest absolute Gasteiger partial charge is 0.465 e. The van der Waals surface area contributed by atoms with Crippen LogP contribution in [-0.2, 0) is 19.1 Å². The molecule has 8 heteroatoms. The highest BCUT2D eigenvalue weighted by Crippen LogP contribution is 2.65. The van der Waals surface area contributed by atoms with Crippen LogP contribution in [0.1, 0.15) is 60.3 Å². The normalized spacial score (nSPS) is 36.3. The lowest BCUT2D eigenvalue weighted by atomic mass is 9.74. The number of rotatable bonds is 7. The molecule has 0 radical (unpaired) electrons. The van der Waals surface area contributed by atoms with Crippen LogP contribution in [0.3, 0.4) is 0 Å². The van der Waals surface area contributed by atoms with Gasteiger partial charge in [0.15, 0.2) is 0 Å². The van der Waals surface area contributed by atoms with Gasteiger partial charge in [-0.05, 0) is 39.0 Å². The fourth-order valence-corrected chi connectivity index (χ4v) is 8.77. The van der Waals surface area contributed by atoms with Gasteiger partial charge < -0.3 is 19.6 Å². The third-order valence-corrected chi connectivity index (χ3v) is 9.87. The van der Waals surface area contributed by atoms with E-state index >= 15 is 0 Å². The van der Waals surface area contributed by atoms with Crippen LogP contribution < -0.4 is 0 Å². The quantitative estimate of drug-likeness (QED) is 0.423. The zero-order valence-corrected chi connectivity index (χ0v) is 22.4. The number of amides is 2. The maximum absolute atomic E-state index is 14.3. The molecule has 2 saturated heterocycles. The Balaban J connectivity index is 1.88. The highest BCUT2D eigenvalue weighted by molar-refractivity contribution is 8.02. The molecule has 4 aliphatic heterocycles. The van der Waals surface area contributed by atoms with Crippen molar-refractivity contribution >= 4 is 29.5 Å². The Morgan fingerprint density at radius 2 is 1.89 bits per heavy atom. The molecular formula is C27H40N2O5S. The third-order valence-electron chi connectivity index (χ3n) is 8.07. The van der Waals surface area contributed by atoms with E-state index in [1.165, 1.54) is 0 Å². The summed E-state index contributed by atoms with van der Waals surface area (Å²) in [5, 5.41) is 10.4. The maximum atomic E-state index is 14.3. The van der Waals surface area contributed by atoms with Crippen molar-refractivity contribution in [3.63, 3.8) is 0 Å². The molecule has 0 saturated carbocycles. The first-order valence-electron chi connectivity index (χ1n) is 13.1. The van der Waals surface area contributed by atoms with Crippen LogP contribution in [0.4, 0.5) is 0 Å². The number of carbonyl (C=O) groups excluding carboxylic acids is 3. The van der Waals surface area contributed by atoms with Crippen LogP contribution >= 0.6 is 11.8 Å². The molecule has 2 fully saturated rings. The van der Waals surface area contributed by atoms with E-state index in [0.717, 1.165) is 12.8 Å². The first-order chi connectivity index (χ1) is 16.6. The van der Waals surface area contributed by atoms with Crippen molar-refractivity contribution in [3.8, 4) is 0 Å². The lowest BCUT2D eigenvalue weighted by molar-refractivity contribution is -0.155. The van der Waals surface area contributed by atoms with E-state index in [4.69, 9.17) is 4.74 Å². The van der Waals surface area contributed by atoms with E-state index in [-0.39, 0.29) is 43.0 Å². The van der Waals surface area contributed by atoms with Gasteiger partial charge in [-0.3, -0.25) is 14.4 Å². The minimum absolute atomic E-state index is 0.0292. The summed E-state index contributed by atoms with van der Waals surface area (Å²) in [6, 6.07) is -1.23. The molecule has 7 nitrogen and oxygen atoms in total. The van der Waals surface area contributed by atoms with Crippen molar-refractivity contribution in [1.82, 2.24) is 9.80 Å². The molecular weight excluding hydrogens is 464 g/mol. The van der Waals surface area contributed by atoms with E-state index in [2.05, 4.69) is 13.8 Å². The van der Waals surface area contributed by atoms with E-state index in [1.807, 2.05) is 50.0 Å². The van der Waals surface area contributed by atoms with Crippen LogP contribution in [0.2, 0.25) is 0 Å². The molecule has 4 rings (SSSR count). The number of aliphatic hydroxyl groups excluding tert-OH is 1. The number of thioether (sulfide) groups is 1. The van der Waals surface area contributed by atoms with Gasteiger partial charge in [-0.1, -0.05) is 51.5 Å². The summed E-state index contributed by atoms with van der Waals surface area (Å²) < 4.78 is 4.03. The van der Waals surface area contributed by atoms with Crippen LogP contribution in [-0.4, -0.2) is 80.1 Å². The zero-order valence-electron chi connectivity index (χ0n) is 21.6. The molecule has 0 aliphatic carbocycles. The number of carbonyl (C=O) groups is 3. The van der Waals surface area contributed by atoms with Gasteiger partial charge in [-0.2, -0.15) is 0 Å². The van der Waals surface area contributed by atoms with Crippen molar-refractivity contribution in [2.45, 2.75) is 87.9 Å². The fraction of sp³-hybridized carbons (Fsp3) is 0.741. The minimum atomic E-state index is -0.896. The minimum Gasteiger partial charge on any atom is -0.465 e. The highest BCUT2D eigenvalue weighted by Gasteiger charge is 2.74. The molecule has 2 amide bonds. The van der Waals surface area contributed by atoms with Gasteiger partial charge in [0.2, 0.25) is 11.8 Å². The molecule has 4 heterocycles. The molecule has 1 N–H and O–H groups in total. The summed E-state index contributed by atoms with van der Waals surface area (Å²) >= 11 is 1.56. The van der Waals surface area contributed by atoms with Gasteiger partial charge >= 0.3 is 5.97 Å². The highest BCUT2D eigenvalue weighted by atomic mass is 32.2.